The number of nitrogens with zero attached hydrogens (tertiary/aromatic N) is 4. The first kappa shape index (κ1) is 15.6. The van der Waals surface area contributed by atoms with E-state index in [1.807, 2.05) is 14.7 Å². The van der Waals surface area contributed by atoms with Gasteiger partial charge in [-0.3, -0.25) is 0 Å². The van der Waals surface area contributed by atoms with Crippen LogP contribution in [0.3, 0.4) is 0 Å². The molecular weight excluding hydrogens is 300 g/mol. The van der Waals surface area contributed by atoms with Gasteiger partial charge in [-0.05, 0) is 19.8 Å². The lowest BCUT2D eigenvalue weighted by Gasteiger charge is -2.35. The summed E-state index contributed by atoms with van der Waals surface area (Å²) in [6, 6.07) is 0.531. The molecule has 8 heteroatoms. The number of oxazole rings is 1. The molecule has 1 aromatic heterocycles. The molecule has 0 aliphatic carbocycles. The van der Waals surface area contributed by atoms with Gasteiger partial charge in [-0.15, -0.1) is 0 Å². The second-order valence-electron chi connectivity index (χ2n) is 5.69. The van der Waals surface area contributed by atoms with E-state index < -0.39 is 5.97 Å². The molecule has 23 heavy (non-hydrogen) atoms. The number of hydrogen-bond donors (Lipinski definition) is 0. The van der Waals surface area contributed by atoms with Crippen molar-refractivity contribution in [1.29, 1.82) is 0 Å². The van der Waals surface area contributed by atoms with Crippen LogP contribution in [0.4, 0.5) is 10.8 Å². The second kappa shape index (κ2) is 6.89. The van der Waals surface area contributed by atoms with E-state index >= 15 is 0 Å². The van der Waals surface area contributed by atoms with E-state index in [-0.39, 0.29) is 11.7 Å². The predicted octanol–water partition coefficient (Wildman–Crippen LogP) is 1.19. The highest BCUT2D eigenvalue weighted by Crippen LogP contribution is 2.18. The molecule has 0 atom stereocenters. The summed E-state index contributed by atoms with van der Waals surface area (Å²) in [5, 5.41) is 0. The highest BCUT2D eigenvalue weighted by molar-refractivity contribution is 5.87. The lowest BCUT2D eigenvalue weighted by molar-refractivity contribution is 0.0519. The van der Waals surface area contributed by atoms with Crippen LogP contribution in [-0.4, -0.2) is 72.7 Å². The maximum atomic E-state index is 12.3. The number of piperazine rings is 1. The first-order valence-corrected chi connectivity index (χ1v) is 8.10. The van der Waals surface area contributed by atoms with E-state index in [0.29, 0.717) is 38.8 Å². The zero-order valence-corrected chi connectivity index (χ0v) is 13.4. The number of rotatable bonds is 3. The summed E-state index contributed by atoms with van der Waals surface area (Å²) in [7, 11) is 0. The molecule has 0 bridgehead atoms. The highest BCUT2D eigenvalue weighted by atomic mass is 16.5. The number of esters is 1. The maximum Gasteiger partial charge on any atom is 0.360 e. The molecule has 0 saturated carbocycles. The summed E-state index contributed by atoms with van der Waals surface area (Å²) in [5.74, 6) is -0.481. The summed E-state index contributed by atoms with van der Waals surface area (Å²) in [4.78, 5) is 33.8. The monoisotopic (exact) mass is 322 g/mol. The summed E-state index contributed by atoms with van der Waals surface area (Å²) in [5.41, 5.74) is 0.178. The number of hydrogen-bond acceptors (Lipinski definition) is 6. The van der Waals surface area contributed by atoms with Crippen LogP contribution >= 0.6 is 0 Å². The van der Waals surface area contributed by atoms with Crippen LogP contribution in [0.15, 0.2) is 10.7 Å². The Labute approximate surface area is 135 Å². The van der Waals surface area contributed by atoms with Gasteiger partial charge in [0.15, 0.2) is 5.69 Å². The van der Waals surface area contributed by atoms with Crippen LogP contribution in [0, 0.1) is 0 Å². The third-order valence-electron chi connectivity index (χ3n) is 4.17. The van der Waals surface area contributed by atoms with Crippen LogP contribution in [0.5, 0.6) is 0 Å². The van der Waals surface area contributed by atoms with Crippen LogP contribution in [-0.2, 0) is 4.74 Å². The molecule has 0 aromatic carbocycles. The summed E-state index contributed by atoms with van der Waals surface area (Å²) < 4.78 is 10.3. The average molecular weight is 322 g/mol. The molecule has 8 nitrogen and oxygen atoms in total. The third kappa shape index (κ3) is 3.40. The van der Waals surface area contributed by atoms with Gasteiger partial charge in [0.2, 0.25) is 0 Å². The van der Waals surface area contributed by atoms with E-state index in [1.54, 1.807) is 6.92 Å². The smallest absolute Gasteiger partial charge is 0.360 e. The molecule has 126 valence electrons. The zero-order chi connectivity index (χ0) is 16.2. The molecular formula is C15H22N4O4. The number of amides is 2. The van der Waals surface area contributed by atoms with E-state index in [9.17, 15) is 9.59 Å². The van der Waals surface area contributed by atoms with Gasteiger partial charge < -0.3 is 23.9 Å². The largest absolute Gasteiger partial charge is 0.461 e. The first-order valence-electron chi connectivity index (χ1n) is 8.10. The van der Waals surface area contributed by atoms with Crippen molar-refractivity contribution in [3.63, 3.8) is 0 Å². The fourth-order valence-corrected chi connectivity index (χ4v) is 2.91. The first-order chi connectivity index (χ1) is 11.2. The van der Waals surface area contributed by atoms with Gasteiger partial charge in [-0.2, -0.15) is 4.98 Å². The number of ether oxygens (including phenoxy) is 1. The van der Waals surface area contributed by atoms with Gasteiger partial charge in [0.05, 0.1) is 6.61 Å². The Morgan fingerprint density at radius 1 is 1.13 bits per heavy atom. The molecule has 2 aliphatic rings. The number of carbonyl (C=O) groups is 2. The van der Waals surface area contributed by atoms with Crippen LogP contribution in [0.2, 0.25) is 0 Å². The van der Waals surface area contributed by atoms with Crippen molar-refractivity contribution in [1.82, 2.24) is 14.8 Å². The average Bonchev–Trinajstić information content (AvgIpc) is 3.26. The number of anilines is 1. The molecule has 0 N–H and O–H groups in total. The molecule has 0 spiro atoms. The minimum Gasteiger partial charge on any atom is -0.461 e. The predicted molar refractivity (Wildman–Crippen MR) is 82.4 cm³/mol. The molecule has 0 radical (unpaired) electrons. The lowest BCUT2D eigenvalue weighted by Crippen LogP contribution is -2.52. The summed E-state index contributed by atoms with van der Waals surface area (Å²) in [6.45, 7) is 6.32. The molecule has 2 fully saturated rings. The van der Waals surface area contributed by atoms with Gasteiger partial charge >= 0.3 is 12.0 Å². The Bertz CT molecular complexity index is 560. The van der Waals surface area contributed by atoms with Gasteiger partial charge in [0, 0.05) is 39.3 Å². The van der Waals surface area contributed by atoms with Crippen molar-refractivity contribution in [2.24, 2.45) is 0 Å². The number of carbonyl (C=O) groups excluding carboxylic acids is 2. The SMILES string of the molecule is CCOC(=O)c1coc(N2CCN(C(=O)N3CCCC3)CC2)n1. The van der Waals surface area contributed by atoms with E-state index in [1.165, 1.54) is 6.26 Å². The van der Waals surface area contributed by atoms with E-state index in [4.69, 9.17) is 9.15 Å². The quantitative estimate of drug-likeness (QED) is 0.778. The Morgan fingerprint density at radius 2 is 1.78 bits per heavy atom. The Kier molecular flexibility index (Phi) is 4.68. The molecule has 2 amide bonds. The van der Waals surface area contributed by atoms with Crippen molar-refractivity contribution in [3.05, 3.63) is 12.0 Å². The van der Waals surface area contributed by atoms with Gasteiger partial charge in [0.1, 0.15) is 6.26 Å². The fraction of sp³-hybridized carbons (Fsp3) is 0.667. The lowest BCUT2D eigenvalue weighted by atomic mass is 10.3. The Hall–Kier alpha value is -2.25. The van der Waals surface area contributed by atoms with Gasteiger partial charge in [-0.1, -0.05) is 0 Å². The van der Waals surface area contributed by atoms with Crippen molar-refractivity contribution in [3.8, 4) is 0 Å². The number of aromatic nitrogens is 1. The molecule has 3 rings (SSSR count). The summed E-state index contributed by atoms with van der Waals surface area (Å²) in [6.07, 6.45) is 3.51. The number of likely N-dealkylation sites (tertiary alicyclic amines) is 1. The van der Waals surface area contributed by atoms with Crippen molar-refractivity contribution < 1.29 is 18.7 Å². The minimum atomic E-state index is -0.481. The molecule has 3 heterocycles. The van der Waals surface area contributed by atoms with Crippen molar-refractivity contribution in [2.75, 3.05) is 50.8 Å². The second-order valence-corrected chi connectivity index (χ2v) is 5.69. The molecule has 2 aliphatic heterocycles. The van der Waals surface area contributed by atoms with Crippen LogP contribution in [0.1, 0.15) is 30.3 Å². The maximum absolute atomic E-state index is 12.3. The van der Waals surface area contributed by atoms with Crippen molar-refractivity contribution in [2.45, 2.75) is 19.8 Å². The molecule has 0 unspecified atom stereocenters. The zero-order valence-electron chi connectivity index (χ0n) is 13.4. The van der Waals surface area contributed by atoms with Gasteiger partial charge in [-0.25, -0.2) is 9.59 Å². The Balaban J connectivity index is 1.54. The topological polar surface area (TPSA) is 79.1 Å². The summed E-state index contributed by atoms with van der Waals surface area (Å²) >= 11 is 0. The van der Waals surface area contributed by atoms with E-state index in [0.717, 1.165) is 25.9 Å². The highest BCUT2D eigenvalue weighted by Gasteiger charge is 2.28. The number of urea groups is 1. The fourth-order valence-electron chi connectivity index (χ4n) is 2.91. The molecule has 1 aromatic rings. The minimum absolute atomic E-state index is 0.127. The van der Waals surface area contributed by atoms with Crippen LogP contribution < -0.4 is 4.90 Å². The van der Waals surface area contributed by atoms with E-state index in [2.05, 4.69) is 4.98 Å². The van der Waals surface area contributed by atoms with Gasteiger partial charge in [0.25, 0.3) is 6.01 Å². The Morgan fingerprint density at radius 3 is 2.43 bits per heavy atom. The normalized spacial score (nSPS) is 18.4. The van der Waals surface area contributed by atoms with Crippen molar-refractivity contribution >= 4 is 18.0 Å². The third-order valence-corrected chi connectivity index (χ3v) is 4.17. The molecule has 2 saturated heterocycles. The van der Waals surface area contributed by atoms with Crippen LogP contribution in [0.25, 0.3) is 0 Å². The standard InChI is InChI=1S/C15H22N4O4/c1-2-22-13(20)12-11-23-14(16-12)17-7-9-19(10-8-17)15(21)18-5-3-4-6-18/h11H,2-10H2,1H3.